The van der Waals surface area contributed by atoms with Gasteiger partial charge in [-0.2, -0.15) is 5.10 Å². The number of anilines is 1. The minimum Gasteiger partial charge on any atom is -0.497 e. The van der Waals surface area contributed by atoms with Crippen molar-refractivity contribution in [3.8, 4) is 22.8 Å². The van der Waals surface area contributed by atoms with Crippen LogP contribution in [0.1, 0.15) is 10.5 Å². The number of benzene rings is 2. The van der Waals surface area contributed by atoms with Crippen LogP contribution in [0.5, 0.6) is 11.5 Å². The largest absolute Gasteiger partial charge is 0.497 e. The number of ether oxygens (including phenoxy) is 2. The Hall–Kier alpha value is -3.42. The zero-order valence-corrected chi connectivity index (χ0v) is 14.9. The lowest BCUT2D eigenvalue weighted by Crippen LogP contribution is -2.13. The van der Waals surface area contributed by atoms with Gasteiger partial charge in [0, 0.05) is 18.7 Å². The quantitative estimate of drug-likeness (QED) is 0.742. The van der Waals surface area contributed by atoms with Crippen LogP contribution in [0.15, 0.2) is 42.5 Å². The van der Waals surface area contributed by atoms with Crippen molar-refractivity contribution >= 4 is 11.6 Å². The van der Waals surface area contributed by atoms with Crippen LogP contribution in [0.4, 0.5) is 14.5 Å². The van der Waals surface area contributed by atoms with Crippen molar-refractivity contribution in [1.29, 1.82) is 0 Å². The number of methoxy groups -OCH3 is 2. The Morgan fingerprint density at radius 2 is 1.85 bits per heavy atom. The standard InChI is InChI=1S/C19H17F2N3O3/c1-24-17(13-8-11(20)4-6-14(13)21)10-16(23-24)19(25)22-15-7-5-12(26-2)9-18(15)27-3/h4-10H,1-3H3,(H,22,25). The van der Waals surface area contributed by atoms with Gasteiger partial charge in [0.1, 0.15) is 23.1 Å². The third-order valence-corrected chi connectivity index (χ3v) is 3.97. The molecule has 3 rings (SSSR count). The second-order valence-electron chi connectivity index (χ2n) is 5.68. The van der Waals surface area contributed by atoms with Gasteiger partial charge >= 0.3 is 0 Å². The molecule has 3 aromatic rings. The average Bonchev–Trinajstić information content (AvgIpc) is 3.05. The number of rotatable bonds is 5. The van der Waals surface area contributed by atoms with Crippen LogP contribution in [0.3, 0.4) is 0 Å². The van der Waals surface area contributed by atoms with Crippen molar-refractivity contribution in [3.63, 3.8) is 0 Å². The molecule has 0 aliphatic heterocycles. The molecule has 0 unspecified atom stereocenters. The highest BCUT2D eigenvalue weighted by Crippen LogP contribution is 2.30. The number of nitrogens with one attached hydrogen (secondary N) is 1. The summed E-state index contributed by atoms with van der Waals surface area (Å²) in [7, 11) is 4.54. The summed E-state index contributed by atoms with van der Waals surface area (Å²) < 4.78 is 39.2. The summed E-state index contributed by atoms with van der Waals surface area (Å²) in [5.41, 5.74) is 0.770. The molecule has 1 aromatic heterocycles. The van der Waals surface area contributed by atoms with Crippen LogP contribution in [-0.4, -0.2) is 29.9 Å². The molecule has 0 aliphatic carbocycles. The molecular formula is C19H17F2N3O3. The van der Waals surface area contributed by atoms with Crippen molar-refractivity contribution < 1.29 is 23.0 Å². The monoisotopic (exact) mass is 373 g/mol. The Morgan fingerprint density at radius 3 is 2.56 bits per heavy atom. The molecule has 0 atom stereocenters. The lowest BCUT2D eigenvalue weighted by atomic mass is 10.1. The van der Waals surface area contributed by atoms with E-state index < -0.39 is 17.5 Å². The van der Waals surface area contributed by atoms with Crippen molar-refractivity contribution in [2.45, 2.75) is 0 Å². The number of aromatic nitrogens is 2. The second-order valence-corrected chi connectivity index (χ2v) is 5.68. The van der Waals surface area contributed by atoms with E-state index in [2.05, 4.69) is 10.4 Å². The first-order chi connectivity index (χ1) is 12.9. The van der Waals surface area contributed by atoms with Gasteiger partial charge in [-0.05, 0) is 36.4 Å². The summed E-state index contributed by atoms with van der Waals surface area (Å²) in [6.45, 7) is 0. The van der Waals surface area contributed by atoms with E-state index in [1.807, 2.05) is 0 Å². The molecule has 1 amide bonds. The maximum atomic E-state index is 14.0. The lowest BCUT2D eigenvalue weighted by molar-refractivity contribution is 0.102. The van der Waals surface area contributed by atoms with E-state index in [4.69, 9.17) is 9.47 Å². The first kappa shape index (κ1) is 18.4. The number of halogens is 2. The highest BCUT2D eigenvalue weighted by molar-refractivity contribution is 6.04. The maximum absolute atomic E-state index is 14.0. The van der Waals surface area contributed by atoms with Gasteiger partial charge in [0.15, 0.2) is 5.69 Å². The van der Waals surface area contributed by atoms with E-state index in [-0.39, 0.29) is 17.0 Å². The smallest absolute Gasteiger partial charge is 0.276 e. The Labute approximate surface area is 154 Å². The fourth-order valence-corrected chi connectivity index (χ4v) is 2.61. The molecule has 1 N–H and O–H groups in total. The summed E-state index contributed by atoms with van der Waals surface area (Å²) in [6, 6.07) is 9.43. The predicted octanol–water partition coefficient (Wildman–Crippen LogP) is 3.63. The van der Waals surface area contributed by atoms with Crippen LogP contribution in [0.2, 0.25) is 0 Å². The molecule has 0 radical (unpaired) electrons. The Morgan fingerprint density at radius 1 is 1.07 bits per heavy atom. The van der Waals surface area contributed by atoms with Crippen molar-refractivity contribution in [1.82, 2.24) is 9.78 Å². The molecule has 0 spiro atoms. The maximum Gasteiger partial charge on any atom is 0.276 e. The van der Waals surface area contributed by atoms with E-state index in [0.29, 0.717) is 17.2 Å². The summed E-state index contributed by atoms with van der Waals surface area (Å²) >= 11 is 0. The molecule has 140 valence electrons. The molecule has 0 aliphatic rings. The third kappa shape index (κ3) is 3.74. The molecule has 1 heterocycles. The van der Waals surface area contributed by atoms with Gasteiger partial charge in [-0.15, -0.1) is 0 Å². The number of carbonyl (C=O) groups excluding carboxylic acids is 1. The molecule has 0 saturated heterocycles. The van der Waals surface area contributed by atoms with Gasteiger partial charge in [-0.25, -0.2) is 8.78 Å². The summed E-state index contributed by atoms with van der Waals surface area (Å²) in [5.74, 6) is -0.719. The molecule has 2 aromatic carbocycles. The molecule has 0 fully saturated rings. The van der Waals surface area contributed by atoms with Crippen LogP contribution >= 0.6 is 0 Å². The van der Waals surface area contributed by atoms with E-state index >= 15 is 0 Å². The summed E-state index contributed by atoms with van der Waals surface area (Å²) in [5, 5.41) is 6.78. The molecule has 27 heavy (non-hydrogen) atoms. The zero-order valence-electron chi connectivity index (χ0n) is 14.9. The molecule has 0 saturated carbocycles. The Bertz CT molecular complexity index is 1000. The van der Waals surface area contributed by atoms with Gasteiger partial charge in [0.05, 0.1) is 25.6 Å². The lowest BCUT2D eigenvalue weighted by Gasteiger charge is -2.10. The summed E-state index contributed by atoms with van der Waals surface area (Å²) in [6.07, 6.45) is 0. The number of nitrogens with zero attached hydrogens (tertiary/aromatic N) is 2. The third-order valence-electron chi connectivity index (χ3n) is 3.97. The zero-order chi connectivity index (χ0) is 19.6. The number of hydrogen-bond donors (Lipinski definition) is 1. The first-order valence-corrected chi connectivity index (χ1v) is 7.95. The van der Waals surface area contributed by atoms with E-state index in [9.17, 15) is 13.6 Å². The highest BCUT2D eigenvalue weighted by Gasteiger charge is 2.18. The number of hydrogen-bond acceptors (Lipinski definition) is 4. The van der Waals surface area contributed by atoms with Crippen molar-refractivity contribution in [2.75, 3.05) is 19.5 Å². The molecule has 0 bridgehead atoms. The number of aryl methyl sites for hydroxylation is 1. The molecular weight excluding hydrogens is 356 g/mol. The predicted molar refractivity (Wildman–Crippen MR) is 96.1 cm³/mol. The average molecular weight is 373 g/mol. The fourth-order valence-electron chi connectivity index (χ4n) is 2.61. The van der Waals surface area contributed by atoms with Gasteiger partial charge < -0.3 is 14.8 Å². The second kappa shape index (κ2) is 7.45. The number of amides is 1. The minimum atomic E-state index is -0.608. The summed E-state index contributed by atoms with van der Waals surface area (Å²) in [4.78, 5) is 12.5. The van der Waals surface area contributed by atoms with Crippen LogP contribution < -0.4 is 14.8 Å². The number of carbonyl (C=O) groups is 1. The SMILES string of the molecule is COc1ccc(NC(=O)c2cc(-c3cc(F)ccc3F)n(C)n2)c(OC)c1. The van der Waals surface area contributed by atoms with Gasteiger partial charge in [0.2, 0.25) is 0 Å². The van der Waals surface area contributed by atoms with Crippen molar-refractivity contribution in [2.24, 2.45) is 7.05 Å². The van der Waals surface area contributed by atoms with Crippen molar-refractivity contribution in [3.05, 3.63) is 59.8 Å². The van der Waals surface area contributed by atoms with E-state index in [1.54, 1.807) is 25.2 Å². The van der Waals surface area contributed by atoms with Gasteiger partial charge in [0.25, 0.3) is 5.91 Å². The normalized spacial score (nSPS) is 10.6. The molecule has 8 heteroatoms. The molecule has 6 nitrogen and oxygen atoms in total. The Balaban J connectivity index is 1.90. The topological polar surface area (TPSA) is 65.4 Å². The van der Waals surface area contributed by atoms with Crippen LogP contribution in [-0.2, 0) is 7.05 Å². The van der Waals surface area contributed by atoms with E-state index in [1.165, 1.54) is 25.0 Å². The first-order valence-electron chi connectivity index (χ1n) is 7.95. The van der Waals surface area contributed by atoms with Crippen LogP contribution in [0, 0.1) is 11.6 Å². The fraction of sp³-hybridized carbons (Fsp3) is 0.158. The van der Waals surface area contributed by atoms with Crippen LogP contribution in [0.25, 0.3) is 11.3 Å². The minimum absolute atomic E-state index is 0.0195. The highest BCUT2D eigenvalue weighted by atomic mass is 19.1. The van der Waals surface area contributed by atoms with Gasteiger partial charge in [-0.1, -0.05) is 0 Å². The Kier molecular flexibility index (Phi) is 5.07. The van der Waals surface area contributed by atoms with E-state index in [0.717, 1.165) is 18.2 Å². The van der Waals surface area contributed by atoms with Gasteiger partial charge in [-0.3, -0.25) is 9.48 Å².